The van der Waals surface area contributed by atoms with E-state index in [9.17, 15) is 0 Å². The van der Waals surface area contributed by atoms with Gasteiger partial charge in [0.05, 0.1) is 0 Å². The molecule has 1 heterocycles. The van der Waals surface area contributed by atoms with Crippen LogP contribution in [0.1, 0.15) is 33.6 Å². The predicted molar refractivity (Wildman–Crippen MR) is 81.7 cm³/mol. The van der Waals surface area contributed by atoms with Gasteiger partial charge in [0.2, 0.25) is 0 Å². The predicted octanol–water partition coefficient (Wildman–Crippen LogP) is 2.44. The molecule has 1 aromatic rings. The van der Waals surface area contributed by atoms with Gasteiger partial charge in [-0.1, -0.05) is 6.92 Å². The van der Waals surface area contributed by atoms with Gasteiger partial charge >= 0.3 is 0 Å². The number of hydrogen-bond donors (Lipinski definition) is 2. The molecule has 0 amide bonds. The van der Waals surface area contributed by atoms with Gasteiger partial charge in [-0.05, 0) is 40.3 Å². The number of nitrogens with zero attached hydrogens (tertiary/aromatic N) is 3. The lowest BCUT2D eigenvalue weighted by Gasteiger charge is -2.20. The summed E-state index contributed by atoms with van der Waals surface area (Å²) in [5.74, 6) is 1.78. The van der Waals surface area contributed by atoms with Crippen LogP contribution in [0, 0.1) is 0 Å². The monoisotopic (exact) mass is 265 g/mol. The minimum absolute atomic E-state index is 0.601. The molecule has 5 nitrogen and oxygen atoms in total. The van der Waals surface area contributed by atoms with Crippen LogP contribution in [0.5, 0.6) is 0 Å². The highest BCUT2D eigenvalue weighted by molar-refractivity contribution is 5.46. The van der Waals surface area contributed by atoms with E-state index in [4.69, 9.17) is 0 Å². The molecule has 19 heavy (non-hydrogen) atoms. The molecule has 1 rings (SSSR count). The second kappa shape index (κ2) is 8.69. The fourth-order valence-electron chi connectivity index (χ4n) is 1.61. The first-order chi connectivity index (χ1) is 9.13. The van der Waals surface area contributed by atoms with Crippen LogP contribution in [0.3, 0.4) is 0 Å². The summed E-state index contributed by atoms with van der Waals surface area (Å²) >= 11 is 0. The first-order valence-corrected chi connectivity index (χ1v) is 7.13. The lowest BCUT2D eigenvalue weighted by molar-refractivity contribution is 0.273. The van der Waals surface area contributed by atoms with Crippen LogP contribution in [-0.4, -0.2) is 47.6 Å². The van der Waals surface area contributed by atoms with Crippen molar-refractivity contribution in [3.63, 3.8) is 0 Å². The Balaban J connectivity index is 2.29. The molecule has 1 aromatic heterocycles. The van der Waals surface area contributed by atoms with Crippen molar-refractivity contribution in [3.05, 3.63) is 12.4 Å². The van der Waals surface area contributed by atoms with Gasteiger partial charge in [0, 0.05) is 25.2 Å². The summed E-state index contributed by atoms with van der Waals surface area (Å²) in [6.07, 6.45) is 3.80. The second-order valence-corrected chi connectivity index (χ2v) is 5.07. The van der Waals surface area contributed by atoms with Crippen LogP contribution < -0.4 is 10.6 Å². The molecule has 5 heteroatoms. The maximum Gasteiger partial charge on any atom is 0.131 e. The third-order valence-corrected chi connectivity index (χ3v) is 3.10. The summed E-state index contributed by atoms with van der Waals surface area (Å²) in [6.45, 7) is 9.53. The Morgan fingerprint density at radius 1 is 1.16 bits per heavy atom. The number of aromatic nitrogens is 2. The summed E-state index contributed by atoms with van der Waals surface area (Å²) in [5, 5.41) is 6.60. The van der Waals surface area contributed by atoms with Crippen molar-refractivity contribution in [1.29, 1.82) is 0 Å². The summed E-state index contributed by atoms with van der Waals surface area (Å²) in [4.78, 5) is 10.8. The van der Waals surface area contributed by atoms with Gasteiger partial charge in [-0.25, -0.2) is 9.97 Å². The molecule has 0 saturated heterocycles. The van der Waals surface area contributed by atoms with E-state index in [1.54, 1.807) is 6.33 Å². The molecule has 0 aliphatic carbocycles. The first-order valence-electron chi connectivity index (χ1n) is 7.13. The third kappa shape index (κ3) is 6.38. The van der Waals surface area contributed by atoms with Gasteiger partial charge in [0.25, 0.3) is 0 Å². The topological polar surface area (TPSA) is 53.1 Å². The maximum absolute atomic E-state index is 4.22. The molecular weight excluding hydrogens is 238 g/mol. The second-order valence-electron chi connectivity index (χ2n) is 5.07. The van der Waals surface area contributed by atoms with E-state index in [-0.39, 0.29) is 0 Å². The van der Waals surface area contributed by atoms with Crippen LogP contribution in [0.25, 0.3) is 0 Å². The van der Waals surface area contributed by atoms with Gasteiger partial charge in [0.15, 0.2) is 0 Å². The average Bonchev–Trinajstić information content (AvgIpc) is 2.41. The fourth-order valence-corrected chi connectivity index (χ4v) is 1.61. The molecule has 0 atom stereocenters. The van der Waals surface area contributed by atoms with Gasteiger partial charge in [0.1, 0.15) is 18.0 Å². The van der Waals surface area contributed by atoms with Crippen LogP contribution in [0.15, 0.2) is 12.4 Å². The third-order valence-electron chi connectivity index (χ3n) is 3.10. The van der Waals surface area contributed by atoms with Crippen molar-refractivity contribution >= 4 is 11.6 Å². The van der Waals surface area contributed by atoms with Gasteiger partial charge in [-0.2, -0.15) is 0 Å². The summed E-state index contributed by atoms with van der Waals surface area (Å²) in [6, 6.07) is 2.56. The number of hydrogen-bond acceptors (Lipinski definition) is 5. The molecular formula is C14H27N5. The summed E-state index contributed by atoms with van der Waals surface area (Å²) in [5.41, 5.74) is 0. The normalized spacial score (nSPS) is 11.1. The van der Waals surface area contributed by atoms with E-state index < -0.39 is 0 Å². The SMILES string of the molecule is CCCNc1cc(NCCCN(C)C(C)C)ncn1. The van der Waals surface area contributed by atoms with Crippen molar-refractivity contribution in [1.82, 2.24) is 14.9 Å². The number of nitrogens with one attached hydrogen (secondary N) is 2. The Labute approximate surface area is 116 Å². The minimum atomic E-state index is 0.601. The smallest absolute Gasteiger partial charge is 0.131 e. The van der Waals surface area contributed by atoms with E-state index in [0.717, 1.165) is 44.1 Å². The van der Waals surface area contributed by atoms with Crippen LogP contribution in [0.2, 0.25) is 0 Å². The van der Waals surface area contributed by atoms with E-state index in [1.807, 2.05) is 6.07 Å². The lowest BCUT2D eigenvalue weighted by atomic mass is 10.3. The van der Waals surface area contributed by atoms with E-state index in [1.165, 1.54) is 0 Å². The molecule has 0 aromatic carbocycles. The zero-order valence-electron chi connectivity index (χ0n) is 12.6. The molecule has 0 saturated carbocycles. The van der Waals surface area contributed by atoms with Gasteiger partial charge in [-0.15, -0.1) is 0 Å². The highest BCUT2D eigenvalue weighted by Gasteiger charge is 2.02. The van der Waals surface area contributed by atoms with E-state index >= 15 is 0 Å². The Morgan fingerprint density at radius 3 is 2.37 bits per heavy atom. The summed E-state index contributed by atoms with van der Waals surface area (Å²) in [7, 11) is 2.15. The molecule has 0 unspecified atom stereocenters. The van der Waals surface area contributed by atoms with Crippen molar-refractivity contribution in [2.24, 2.45) is 0 Å². The minimum Gasteiger partial charge on any atom is -0.370 e. The Kier molecular flexibility index (Phi) is 7.18. The van der Waals surface area contributed by atoms with Gasteiger partial charge in [-0.3, -0.25) is 0 Å². The van der Waals surface area contributed by atoms with Crippen molar-refractivity contribution in [2.75, 3.05) is 37.3 Å². The fraction of sp³-hybridized carbons (Fsp3) is 0.714. The van der Waals surface area contributed by atoms with Crippen molar-refractivity contribution in [2.45, 2.75) is 39.7 Å². The zero-order valence-corrected chi connectivity index (χ0v) is 12.6. The largest absolute Gasteiger partial charge is 0.370 e. The van der Waals surface area contributed by atoms with Crippen LogP contribution in [-0.2, 0) is 0 Å². The highest BCUT2D eigenvalue weighted by Crippen LogP contribution is 2.08. The quantitative estimate of drug-likeness (QED) is 0.672. The molecule has 2 N–H and O–H groups in total. The Morgan fingerprint density at radius 2 is 1.79 bits per heavy atom. The number of rotatable bonds is 9. The molecule has 0 bridgehead atoms. The number of anilines is 2. The standard InChI is InChI=1S/C14H27N5/c1-5-7-15-13-10-14(18-11-17-13)16-8-6-9-19(4)12(2)3/h10-12H,5-9H2,1-4H3,(H2,15,16,17,18). The molecule has 108 valence electrons. The summed E-state index contributed by atoms with van der Waals surface area (Å²) < 4.78 is 0. The van der Waals surface area contributed by atoms with Crippen LogP contribution in [0.4, 0.5) is 11.6 Å². The highest BCUT2D eigenvalue weighted by atomic mass is 15.1. The zero-order chi connectivity index (χ0) is 14.1. The Hall–Kier alpha value is -1.36. The van der Waals surface area contributed by atoms with Crippen molar-refractivity contribution < 1.29 is 0 Å². The van der Waals surface area contributed by atoms with Crippen LogP contribution >= 0.6 is 0 Å². The lowest BCUT2D eigenvalue weighted by Crippen LogP contribution is -2.28. The molecule has 0 fully saturated rings. The van der Waals surface area contributed by atoms with E-state index in [0.29, 0.717) is 6.04 Å². The van der Waals surface area contributed by atoms with Gasteiger partial charge < -0.3 is 15.5 Å². The maximum atomic E-state index is 4.22. The first kappa shape index (κ1) is 15.7. The average molecular weight is 265 g/mol. The molecule has 0 radical (unpaired) electrons. The van der Waals surface area contributed by atoms with E-state index in [2.05, 4.69) is 53.3 Å². The Bertz CT molecular complexity index is 353. The molecule has 0 aliphatic heterocycles. The van der Waals surface area contributed by atoms with Crippen molar-refractivity contribution in [3.8, 4) is 0 Å². The molecule has 0 spiro atoms. The molecule has 0 aliphatic rings.